The molecule has 1 aromatic rings. The molecule has 0 saturated heterocycles. The van der Waals surface area contributed by atoms with Gasteiger partial charge in [-0.1, -0.05) is 0 Å². The highest BCUT2D eigenvalue weighted by molar-refractivity contribution is 5.80. The molecule has 0 fully saturated rings. The Bertz CT molecular complexity index is 333. The normalized spacial score (nSPS) is 12.4. The first-order valence-electron chi connectivity index (χ1n) is 5.16. The van der Waals surface area contributed by atoms with E-state index in [4.69, 9.17) is 10.5 Å². The van der Waals surface area contributed by atoms with Gasteiger partial charge in [0.05, 0.1) is 0 Å². The summed E-state index contributed by atoms with van der Waals surface area (Å²) in [7, 11) is 3.34. The van der Waals surface area contributed by atoms with Crippen LogP contribution in [0.15, 0.2) is 12.3 Å². The Balaban J connectivity index is 2.30. The van der Waals surface area contributed by atoms with Gasteiger partial charge in [0, 0.05) is 45.6 Å². The summed E-state index contributed by atoms with van der Waals surface area (Å²) in [6, 6.07) is 1.92. The first-order chi connectivity index (χ1) is 7.69. The Morgan fingerprint density at radius 2 is 2.50 bits per heavy atom. The lowest BCUT2D eigenvalue weighted by Crippen LogP contribution is -2.41. The van der Waals surface area contributed by atoms with Crippen LogP contribution < -0.4 is 11.1 Å². The maximum absolute atomic E-state index is 11.5. The molecular weight excluding hydrogens is 208 g/mol. The maximum atomic E-state index is 11.5. The average Bonchev–Trinajstić information content (AvgIpc) is 2.66. The maximum Gasteiger partial charge on any atom is 0.250 e. The van der Waals surface area contributed by atoms with Gasteiger partial charge in [0.25, 0.3) is 0 Å². The Labute approximate surface area is 94.8 Å². The second kappa shape index (κ2) is 6.24. The summed E-state index contributed by atoms with van der Waals surface area (Å²) in [5.74, 6) is -0.174. The molecule has 1 heterocycles. The third-order valence-corrected chi connectivity index (χ3v) is 2.39. The number of aromatic nitrogens is 2. The predicted octanol–water partition coefficient (Wildman–Crippen LogP) is -0.947. The monoisotopic (exact) mass is 226 g/mol. The standard InChI is InChI=1S/C10H18N4O2/c1-14-8(4-6-13-14)3-5-12-10(15)9(7-11)16-2/h4,6,9H,3,5,7,11H2,1-2H3,(H,12,15). The number of aryl methyl sites for hydroxylation is 1. The molecule has 1 atom stereocenters. The fraction of sp³-hybridized carbons (Fsp3) is 0.600. The van der Waals surface area contributed by atoms with Crippen molar-refractivity contribution in [3.8, 4) is 0 Å². The van der Waals surface area contributed by atoms with Crippen LogP contribution in [0.1, 0.15) is 5.69 Å². The van der Waals surface area contributed by atoms with Gasteiger partial charge in [-0.3, -0.25) is 9.48 Å². The fourth-order valence-electron chi connectivity index (χ4n) is 1.38. The van der Waals surface area contributed by atoms with Crippen LogP contribution in [0.3, 0.4) is 0 Å². The highest BCUT2D eigenvalue weighted by Gasteiger charge is 2.14. The van der Waals surface area contributed by atoms with E-state index in [0.717, 1.165) is 12.1 Å². The van der Waals surface area contributed by atoms with Gasteiger partial charge in [-0.2, -0.15) is 5.10 Å². The molecule has 0 aliphatic rings. The topological polar surface area (TPSA) is 82.2 Å². The summed E-state index contributed by atoms with van der Waals surface area (Å²) in [4.78, 5) is 11.5. The van der Waals surface area contributed by atoms with Gasteiger partial charge in [-0.25, -0.2) is 0 Å². The van der Waals surface area contributed by atoms with Gasteiger partial charge in [-0.05, 0) is 6.07 Å². The number of ether oxygens (including phenoxy) is 1. The first kappa shape index (κ1) is 12.7. The van der Waals surface area contributed by atoms with Crippen LogP contribution in [0.2, 0.25) is 0 Å². The summed E-state index contributed by atoms with van der Waals surface area (Å²) in [6.07, 6.45) is 1.91. The van der Waals surface area contributed by atoms with Crippen molar-refractivity contribution in [3.63, 3.8) is 0 Å². The zero-order valence-electron chi connectivity index (χ0n) is 9.64. The van der Waals surface area contributed by atoms with Gasteiger partial charge in [0.1, 0.15) is 6.10 Å². The highest BCUT2D eigenvalue weighted by Crippen LogP contribution is 1.96. The molecule has 0 radical (unpaired) electrons. The third-order valence-electron chi connectivity index (χ3n) is 2.39. The smallest absolute Gasteiger partial charge is 0.250 e. The summed E-state index contributed by atoms with van der Waals surface area (Å²) < 4.78 is 6.70. The lowest BCUT2D eigenvalue weighted by molar-refractivity contribution is -0.130. The summed E-state index contributed by atoms with van der Waals surface area (Å²) in [5, 5.41) is 6.81. The molecule has 0 aliphatic heterocycles. The van der Waals surface area contributed by atoms with Crippen molar-refractivity contribution in [2.45, 2.75) is 12.5 Å². The molecule has 6 heteroatoms. The van der Waals surface area contributed by atoms with Crippen LogP contribution in [0.25, 0.3) is 0 Å². The van der Waals surface area contributed by atoms with Crippen LogP contribution in [0, 0.1) is 0 Å². The number of carbonyl (C=O) groups excluding carboxylic acids is 1. The quantitative estimate of drug-likeness (QED) is 0.655. The molecule has 0 bridgehead atoms. The van der Waals surface area contributed by atoms with Crippen molar-refractivity contribution >= 4 is 5.91 Å². The van der Waals surface area contributed by atoms with Crippen molar-refractivity contribution in [1.29, 1.82) is 0 Å². The molecule has 0 saturated carbocycles. The third kappa shape index (κ3) is 3.32. The van der Waals surface area contributed by atoms with E-state index in [9.17, 15) is 4.79 Å². The lowest BCUT2D eigenvalue weighted by Gasteiger charge is -2.12. The Kier molecular flexibility index (Phi) is 4.94. The van der Waals surface area contributed by atoms with E-state index >= 15 is 0 Å². The van der Waals surface area contributed by atoms with E-state index in [2.05, 4.69) is 10.4 Å². The van der Waals surface area contributed by atoms with Crippen LogP contribution in [0.4, 0.5) is 0 Å². The summed E-state index contributed by atoms with van der Waals surface area (Å²) in [6.45, 7) is 0.742. The van der Waals surface area contributed by atoms with Gasteiger partial charge in [0.15, 0.2) is 0 Å². The number of hydrogen-bond donors (Lipinski definition) is 2. The van der Waals surface area contributed by atoms with E-state index in [1.807, 2.05) is 13.1 Å². The zero-order chi connectivity index (χ0) is 12.0. The Hall–Kier alpha value is -1.40. The summed E-state index contributed by atoms with van der Waals surface area (Å²) in [5.41, 5.74) is 6.45. The number of hydrogen-bond acceptors (Lipinski definition) is 4. The molecule has 3 N–H and O–H groups in total. The first-order valence-corrected chi connectivity index (χ1v) is 5.16. The minimum atomic E-state index is -0.563. The predicted molar refractivity (Wildman–Crippen MR) is 59.8 cm³/mol. The van der Waals surface area contributed by atoms with Crippen LogP contribution in [0.5, 0.6) is 0 Å². The van der Waals surface area contributed by atoms with Crippen molar-refractivity contribution in [2.24, 2.45) is 12.8 Å². The van der Waals surface area contributed by atoms with Crippen molar-refractivity contribution in [3.05, 3.63) is 18.0 Å². The Morgan fingerprint density at radius 3 is 3.00 bits per heavy atom. The summed E-state index contributed by atoms with van der Waals surface area (Å²) >= 11 is 0. The molecule has 1 unspecified atom stereocenters. The minimum Gasteiger partial charge on any atom is -0.370 e. The number of carbonyl (C=O) groups is 1. The van der Waals surface area contributed by atoms with Gasteiger partial charge in [-0.15, -0.1) is 0 Å². The Morgan fingerprint density at radius 1 is 1.75 bits per heavy atom. The van der Waals surface area contributed by atoms with Crippen LogP contribution in [-0.4, -0.2) is 42.0 Å². The SMILES string of the molecule is COC(CN)C(=O)NCCc1ccnn1C. The molecule has 1 rings (SSSR count). The minimum absolute atomic E-state index is 0.174. The van der Waals surface area contributed by atoms with Gasteiger partial charge in [0.2, 0.25) is 5.91 Å². The number of methoxy groups -OCH3 is 1. The molecule has 16 heavy (non-hydrogen) atoms. The molecule has 0 aliphatic carbocycles. The number of amides is 1. The molecule has 1 aromatic heterocycles. The van der Waals surface area contributed by atoms with E-state index in [1.165, 1.54) is 7.11 Å². The van der Waals surface area contributed by atoms with E-state index in [-0.39, 0.29) is 12.5 Å². The zero-order valence-corrected chi connectivity index (χ0v) is 9.64. The average molecular weight is 226 g/mol. The van der Waals surface area contributed by atoms with Gasteiger partial charge < -0.3 is 15.8 Å². The van der Waals surface area contributed by atoms with E-state index < -0.39 is 6.10 Å². The van der Waals surface area contributed by atoms with Crippen molar-refractivity contribution < 1.29 is 9.53 Å². The second-order valence-corrected chi connectivity index (χ2v) is 3.45. The molecule has 0 spiro atoms. The van der Waals surface area contributed by atoms with E-state index in [0.29, 0.717) is 6.54 Å². The molecule has 90 valence electrons. The molecular formula is C10H18N4O2. The lowest BCUT2D eigenvalue weighted by atomic mass is 10.3. The fourth-order valence-corrected chi connectivity index (χ4v) is 1.38. The molecule has 6 nitrogen and oxygen atoms in total. The molecule has 0 aromatic carbocycles. The second-order valence-electron chi connectivity index (χ2n) is 3.45. The number of nitrogens with zero attached hydrogens (tertiary/aromatic N) is 2. The van der Waals surface area contributed by atoms with Crippen molar-refractivity contribution in [2.75, 3.05) is 20.2 Å². The highest BCUT2D eigenvalue weighted by atomic mass is 16.5. The van der Waals surface area contributed by atoms with Crippen molar-refractivity contribution in [1.82, 2.24) is 15.1 Å². The number of nitrogens with two attached hydrogens (primary N) is 1. The largest absolute Gasteiger partial charge is 0.370 e. The van der Waals surface area contributed by atoms with E-state index in [1.54, 1.807) is 10.9 Å². The van der Waals surface area contributed by atoms with Crippen LogP contribution >= 0.6 is 0 Å². The van der Waals surface area contributed by atoms with Crippen LogP contribution in [-0.2, 0) is 23.0 Å². The number of nitrogens with one attached hydrogen (secondary N) is 1. The number of rotatable bonds is 6. The molecule has 1 amide bonds. The van der Waals surface area contributed by atoms with Gasteiger partial charge >= 0.3 is 0 Å².